The molecule has 0 fully saturated rings. The fourth-order valence-corrected chi connectivity index (χ4v) is 2.12. The van der Waals surface area contributed by atoms with Gasteiger partial charge in [-0.1, -0.05) is 0 Å². The Balaban J connectivity index is 2.05. The van der Waals surface area contributed by atoms with Crippen LogP contribution in [0.2, 0.25) is 0 Å². The van der Waals surface area contributed by atoms with Crippen molar-refractivity contribution < 1.29 is 28.3 Å². The van der Waals surface area contributed by atoms with Gasteiger partial charge in [0.25, 0.3) is 0 Å². The third kappa shape index (κ3) is 4.48. The number of amides is 2. The van der Waals surface area contributed by atoms with Crippen molar-refractivity contribution in [3.8, 4) is 0 Å². The molecule has 2 heterocycles. The van der Waals surface area contributed by atoms with Gasteiger partial charge in [-0.3, -0.25) is 0 Å². The Labute approximate surface area is 138 Å². The van der Waals surface area contributed by atoms with Crippen molar-refractivity contribution in [3.63, 3.8) is 0 Å². The minimum Gasteiger partial charge on any atom is -0.465 e. The van der Waals surface area contributed by atoms with Crippen LogP contribution in [0, 0.1) is 0 Å². The molecule has 0 radical (unpaired) electrons. The van der Waals surface area contributed by atoms with Crippen LogP contribution in [0.1, 0.15) is 19.6 Å². The summed E-state index contributed by atoms with van der Waals surface area (Å²) in [6.07, 6.45) is 4.12. The van der Waals surface area contributed by atoms with Gasteiger partial charge in [-0.25, -0.2) is 14.4 Å². The molecule has 1 aromatic heterocycles. The quantitative estimate of drug-likeness (QED) is 0.601. The number of carbonyl (C=O) groups is 3. The highest BCUT2D eigenvalue weighted by Gasteiger charge is 2.30. The highest BCUT2D eigenvalue weighted by molar-refractivity contribution is 5.95. The Morgan fingerprint density at radius 1 is 1.38 bits per heavy atom. The van der Waals surface area contributed by atoms with Crippen LogP contribution in [-0.4, -0.2) is 37.2 Å². The van der Waals surface area contributed by atoms with Crippen molar-refractivity contribution in [2.24, 2.45) is 0 Å². The van der Waals surface area contributed by atoms with Gasteiger partial charge >= 0.3 is 18.0 Å². The molecule has 1 aromatic rings. The summed E-state index contributed by atoms with van der Waals surface area (Å²) in [4.78, 5) is 35.3. The number of hydrogen-bond acceptors (Lipinski definition) is 6. The molecule has 8 heteroatoms. The summed E-state index contributed by atoms with van der Waals surface area (Å²) in [6.45, 7) is 3.26. The summed E-state index contributed by atoms with van der Waals surface area (Å²) >= 11 is 0. The van der Waals surface area contributed by atoms with Gasteiger partial charge in [-0.05, 0) is 32.1 Å². The molecule has 1 aliphatic heterocycles. The number of hydrogen-bond donors (Lipinski definition) is 2. The highest BCUT2D eigenvalue weighted by atomic mass is 16.5. The maximum absolute atomic E-state index is 12.0. The smallest absolute Gasteiger partial charge is 0.338 e. The number of nitrogens with one attached hydrogen (secondary N) is 2. The lowest BCUT2D eigenvalue weighted by Gasteiger charge is -2.26. The van der Waals surface area contributed by atoms with Gasteiger partial charge in [0.2, 0.25) is 0 Å². The second-order valence-electron chi connectivity index (χ2n) is 4.89. The van der Waals surface area contributed by atoms with E-state index in [4.69, 9.17) is 13.9 Å². The summed E-state index contributed by atoms with van der Waals surface area (Å²) in [7, 11) is 0. The van der Waals surface area contributed by atoms with Crippen LogP contribution in [-0.2, 0) is 19.1 Å². The van der Waals surface area contributed by atoms with E-state index in [9.17, 15) is 14.4 Å². The van der Waals surface area contributed by atoms with E-state index in [1.54, 1.807) is 26.0 Å². The second kappa shape index (κ2) is 8.00. The minimum atomic E-state index is -0.637. The topological polar surface area (TPSA) is 107 Å². The summed E-state index contributed by atoms with van der Waals surface area (Å²) in [6, 6.07) is 2.34. The molecule has 2 amide bonds. The number of ether oxygens (including phenoxy) is 2. The van der Waals surface area contributed by atoms with E-state index >= 15 is 0 Å². The second-order valence-corrected chi connectivity index (χ2v) is 4.89. The average Bonchev–Trinajstić information content (AvgIpc) is 3.03. The Morgan fingerprint density at radius 3 is 2.83 bits per heavy atom. The highest BCUT2D eigenvalue weighted by Crippen LogP contribution is 2.14. The monoisotopic (exact) mass is 334 g/mol. The summed E-state index contributed by atoms with van der Waals surface area (Å²) in [5.74, 6) is -0.709. The molecule has 24 heavy (non-hydrogen) atoms. The van der Waals surface area contributed by atoms with Gasteiger partial charge in [-0.2, -0.15) is 0 Å². The third-order valence-electron chi connectivity index (χ3n) is 3.15. The maximum Gasteiger partial charge on any atom is 0.338 e. The lowest BCUT2D eigenvalue weighted by atomic mass is 10.0. The first kappa shape index (κ1) is 17.3. The normalized spacial score (nSPS) is 17.4. The Kier molecular flexibility index (Phi) is 5.78. The first-order valence-electron chi connectivity index (χ1n) is 7.37. The summed E-state index contributed by atoms with van der Waals surface area (Å²) in [5.41, 5.74) is 0.420. The van der Waals surface area contributed by atoms with Crippen LogP contribution in [0.3, 0.4) is 0 Å². The lowest BCUT2D eigenvalue weighted by Crippen LogP contribution is -2.50. The third-order valence-corrected chi connectivity index (χ3v) is 3.15. The SMILES string of the molecule is CCOC(=O)C1=C(COC(=O)/C=C/c2ccco2)NC(=O)NC1C. The Hall–Kier alpha value is -3.03. The molecule has 2 N–H and O–H groups in total. The van der Waals surface area contributed by atoms with E-state index in [0.717, 1.165) is 0 Å². The molecule has 1 atom stereocenters. The van der Waals surface area contributed by atoms with Crippen LogP contribution in [0.25, 0.3) is 6.08 Å². The van der Waals surface area contributed by atoms with Crippen LogP contribution in [0.4, 0.5) is 4.79 Å². The van der Waals surface area contributed by atoms with E-state index in [1.807, 2.05) is 0 Å². The molecule has 0 aliphatic carbocycles. The van der Waals surface area contributed by atoms with Crippen molar-refractivity contribution in [3.05, 3.63) is 41.5 Å². The van der Waals surface area contributed by atoms with Gasteiger partial charge in [0.15, 0.2) is 0 Å². The minimum absolute atomic E-state index is 0.196. The molecule has 8 nitrogen and oxygen atoms in total. The molecule has 2 rings (SSSR count). The predicted molar refractivity (Wildman–Crippen MR) is 83.5 cm³/mol. The van der Waals surface area contributed by atoms with Crippen LogP contribution >= 0.6 is 0 Å². The zero-order valence-electron chi connectivity index (χ0n) is 13.3. The Morgan fingerprint density at radius 2 is 2.17 bits per heavy atom. The average molecular weight is 334 g/mol. The summed E-state index contributed by atoms with van der Waals surface area (Å²) in [5, 5.41) is 5.02. The van der Waals surface area contributed by atoms with Crippen molar-refractivity contribution in [2.75, 3.05) is 13.2 Å². The number of furan rings is 1. The zero-order valence-corrected chi connectivity index (χ0v) is 13.3. The Bertz CT molecular complexity index is 675. The molecule has 1 aliphatic rings. The molecular weight excluding hydrogens is 316 g/mol. The van der Waals surface area contributed by atoms with E-state index in [-0.39, 0.29) is 24.5 Å². The fraction of sp³-hybridized carbons (Fsp3) is 0.312. The van der Waals surface area contributed by atoms with E-state index < -0.39 is 24.0 Å². The molecule has 0 saturated carbocycles. The van der Waals surface area contributed by atoms with Crippen molar-refractivity contribution in [2.45, 2.75) is 19.9 Å². The molecule has 128 valence electrons. The lowest BCUT2D eigenvalue weighted by molar-refractivity contribution is -0.140. The van der Waals surface area contributed by atoms with Crippen molar-refractivity contribution in [1.29, 1.82) is 0 Å². The number of esters is 2. The van der Waals surface area contributed by atoms with Crippen LogP contribution < -0.4 is 10.6 Å². The molecule has 0 spiro atoms. The standard InChI is InChI=1S/C16H18N2O6/c1-3-22-15(20)14-10(2)17-16(21)18-12(14)9-24-13(19)7-6-11-5-4-8-23-11/h4-8,10H,3,9H2,1-2H3,(H2,17,18,21)/b7-6+. The van der Waals surface area contributed by atoms with Crippen LogP contribution in [0.5, 0.6) is 0 Å². The molecule has 0 saturated heterocycles. The van der Waals surface area contributed by atoms with Gasteiger partial charge in [0, 0.05) is 6.08 Å². The van der Waals surface area contributed by atoms with Gasteiger partial charge in [0.1, 0.15) is 12.4 Å². The van der Waals surface area contributed by atoms with Crippen LogP contribution in [0.15, 0.2) is 40.2 Å². The molecule has 1 unspecified atom stereocenters. The predicted octanol–water partition coefficient (Wildman–Crippen LogP) is 1.35. The van der Waals surface area contributed by atoms with Gasteiger partial charge in [-0.15, -0.1) is 0 Å². The van der Waals surface area contributed by atoms with Gasteiger partial charge in [0.05, 0.1) is 30.2 Å². The molecule has 0 aromatic carbocycles. The number of carbonyl (C=O) groups excluding carboxylic acids is 3. The number of urea groups is 1. The fourth-order valence-electron chi connectivity index (χ4n) is 2.12. The first-order chi connectivity index (χ1) is 11.5. The zero-order chi connectivity index (χ0) is 17.5. The maximum atomic E-state index is 12.0. The number of rotatable bonds is 6. The van der Waals surface area contributed by atoms with E-state index in [2.05, 4.69) is 10.6 Å². The van der Waals surface area contributed by atoms with Crippen molar-refractivity contribution >= 4 is 24.0 Å². The van der Waals surface area contributed by atoms with E-state index in [1.165, 1.54) is 18.4 Å². The summed E-state index contributed by atoms with van der Waals surface area (Å²) < 4.78 is 15.1. The van der Waals surface area contributed by atoms with Gasteiger partial charge < -0.3 is 24.5 Å². The molecule has 0 bridgehead atoms. The first-order valence-corrected chi connectivity index (χ1v) is 7.37. The van der Waals surface area contributed by atoms with Crippen molar-refractivity contribution in [1.82, 2.24) is 10.6 Å². The largest absolute Gasteiger partial charge is 0.465 e. The molecular formula is C16H18N2O6. The van der Waals surface area contributed by atoms with E-state index in [0.29, 0.717) is 5.76 Å².